The highest BCUT2D eigenvalue weighted by molar-refractivity contribution is 14.0. The standard InChI is InChI=1S/C19H31N7O.HI/c1-5-26(6-2)11-12-27-17-10-8-7-9-16(17)13-21-19(20-3)22-14-18-23-15-24-25(18)4;/h7-10,15H,5-6,11-14H2,1-4H3,(H2,20,21,22);1H. The number of para-hydroxylation sites is 1. The largest absolute Gasteiger partial charge is 0.492 e. The Labute approximate surface area is 184 Å². The lowest BCUT2D eigenvalue weighted by molar-refractivity contribution is 0.221. The number of aliphatic imine (C=N–C) groups is 1. The molecule has 0 spiro atoms. The van der Waals surface area contributed by atoms with Crippen LogP contribution in [-0.4, -0.2) is 58.9 Å². The molecule has 156 valence electrons. The van der Waals surface area contributed by atoms with E-state index >= 15 is 0 Å². The van der Waals surface area contributed by atoms with Gasteiger partial charge in [0.2, 0.25) is 0 Å². The van der Waals surface area contributed by atoms with Crippen LogP contribution in [0.4, 0.5) is 0 Å². The first-order chi connectivity index (χ1) is 13.2. The van der Waals surface area contributed by atoms with Crippen LogP contribution in [0.1, 0.15) is 25.2 Å². The quantitative estimate of drug-likeness (QED) is 0.295. The van der Waals surface area contributed by atoms with Gasteiger partial charge in [0, 0.05) is 32.7 Å². The maximum Gasteiger partial charge on any atom is 0.191 e. The fraction of sp³-hybridized carbons (Fsp3) is 0.526. The van der Waals surface area contributed by atoms with Crippen LogP contribution in [0.2, 0.25) is 0 Å². The number of benzene rings is 1. The van der Waals surface area contributed by atoms with E-state index in [0.717, 1.165) is 36.8 Å². The minimum atomic E-state index is 0. The molecule has 0 bridgehead atoms. The van der Waals surface area contributed by atoms with Crippen molar-refractivity contribution in [2.75, 3.05) is 33.3 Å². The Morgan fingerprint density at radius 2 is 1.89 bits per heavy atom. The summed E-state index contributed by atoms with van der Waals surface area (Å²) in [5, 5.41) is 10.6. The van der Waals surface area contributed by atoms with E-state index in [1.54, 1.807) is 18.1 Å². The summed E-state index contributed by atoms with van der Waals surface area (Å²) in [6, 6.07) is 8.09. The van der Waals surface area contributed by atoms with Gasteiger partial charge in [-0.1, -0.05) is 32.0 Å². The van der Waals surface area contributed by atoms with E-state index in [9.17, 15) is 0 Å². The Morgan fingerprint density at radius 3 is 2.54 bits per heavy atom. The number of nitrogens with zero attached hydrogens (tertiary/aromatic N) is 5. The molecule has 0 amide bonds. The first kappa shape index (κ1) is 24.2. The number of rotatable bonds is 10. The van der Waals surface area contributed by atoms with Gasteiger partial charge in [-0.2, -0.15) is 5.10 Å². The summed E-state index contributed by atoms with van der Waals surface area (Å²) in [4.78, 5) is 10.8. The number of guanidine groups is 1. The smallest absolute Gasteiger partial charge is 0.191 e. The number of aromatic nitrogens is 3. The van der Waals surface area contributed by atoms with E-state index in [1.807, 2.05) is 25.2 Å². The maximum absolute atomic E-state index is 6.01. The molecule has 9 heteroatoms. The number of ether oxygens (including phenoxy) is 1. The molecular weight excluding hydrogens is 469 g/mol. The summed E-state index contributed by atoms with van der Waals surface area (Å²) in [5.41, 5.74) is 1.10. The van der Waals surface area contributed by atoms with Gasteiger partial charge < -0.3 is 20.3 Å². The van der Waals surface area contributed by atoms with Crippen LogP contribution in [0, 0.1) is 0 Å². The fourth-order valence-corrected chi connectivity index (χ4v) is 2.66. The van der Waals surface area contributed by atoms with E-state index in [-0.39, 0.29) is 24.0 Å². The van der Waals surface area contributed by atoms with Crippen molar-refractivity contribution >= 4 is 29.9 Å². The fourth-order valence-electron chi connectivity index (χ4n) is 2.66. The van der Waals surface area contributed by atoms with Gasteiger partial charge >= 0.3 is 0 Å². The molecule has 1 heterocycles. The van der Waals surface area contributed by atoms with E-state index < -0.39 is 0 Å². The summed E-state index contributed by atoms with van der Waals surface area (Å²) in [6.07, 6.45) is 1.54. The zero-order valence-corrected chi connectivity index (χ0v) is 19.5. The number of hydrogen-bond donors (Lipinski definition) is 2. The van der Waals surface area contributed by atoms with E-state index in [4.69, 9.17) is 4.74 Å². The van der Waals surface area contributed by atoms with Crippen LogP contribution in [-0.2, 0) is 20.1 Å². The number of nitrogens with one attached hydrogen (secondary N) is 2. The Balaban J connectivity index is 0.00000392. The lowest BCUT2D eigenvalue weighted by Crippen LogP contribution is -2.37. The molecule has 1 aromatic heterocycles. The minimum Gasteiger partial charge on any atom is -0.492 e. The summed E-state index contributed by atoms with van der Waals surface area (Å²) in [7, 11) is 3.62. The highest BCUT2D eigenvalue weighted by Crippen LogP contribution is 2.17. The highest BCUT2D eigenvalue weighted by atomic mass is 127. The number of halogens is 1. The molecule has 0 aliphatic heterocycles. The van der Waals surface area contributed by atoms with Crippen molar-refractivity contribution in [2.24, 2.45) is 12.0 Å². The lowest BCUT2D eigenvalue weighted by atomic mass is 10.2. The van der Waals surface area contributed by atoms with Crippen LogP contribution in [0.15, 0.2) is 35.6 Å². The summed E-state index contributed by atoms with van der Waals surface area (Å²) >= 11 is 0. The lowest BCUT2D eigenvalue weighted by Gasteiger charge is -2.19. The maximum atomic E-state index is 6.01. The molecule has 8 nitrogen and oxygen atoms in total. The molecule has 0 aliphatic rings. The van der Waals surface area contributed by atoms with Crippen molar-refractivity contribution in [2.45, 2.75) is 26.9 Å². The van der Waals surface area contributed by atoms with E-state index in [2.05, 4.69) is 50.5 Å². The van der Waals surface area contributed by atoms with Gasteiger partial charge in [-0.05, 0) is 19.2 Å². The molecule has 0 radical (unpaired) electrons. The van der Waals surface area contributed by atoms with Crippen LogP contribution in [0.3, 0.4) is 0 Å². The van der Waals surface area contributed by atoms with E-state index in [1.165, 1.54) is 0 Å². The van der Waals surface area contributed by atoms with Crippen molar-refractivity contribution < 1.29 is 4.74 Å². The summed E-state index contributed by atoms with van der Waals surface area (Å²) in [6.45, 7) is 9.20. The molecule has 2 aromatic rings. The SMILES string of the molecule is CCN(CC)CCOc1ccccc1CNC(=NC)NCc1ncnn1C.I. The van der Waals surface area contributed by atoms with Gasteiger partial charge in [0.25, 0.3) is 0 Å². The minimum absolute atomic E-state index is 0. The predicted molar refractivity (Wildman–Crippen MR) is 123 cm³/mol. The summed E-state index contributed by atoms with van der Waals surface area (Å²) < 4.78 is 7.74. The average Bonchev–Trinajstić information content (AvgIpc) is 3.11. The van der Waals surface area contributed by atoms with Crippen LogP contribution in [0.5, 0.6) is 5.75 Å². The van der Waals surface area contributed by atoms with Gasteiger partial charge in [-0.3, -0.25) is 9.67 Å². The second-order valence-electron chi connectivity index (χ2n) is 6.06. The van der Waals surface area contributed by atoms with Gasteiger partial charge in [0.15, 0.2) is 5.96 Å². The Bertz CT molecular complexity index is 716. The van der Waals surface area contributed by atoms with Gasteiger partial charge in [-0.25, -0.2) is 4.98 Å². The molecule has 0 saturated carbocycles. The van der Waals surface area contributed by atoms with E-state index in [0.29, 0.717) is 25.7 Å². The molecule has 1 aromatic carbocycles. The average molecular weight is 501 g/mol. The van der Waals surface area contributed by atoms with Crippen LogP contribution >= 0.6 is 24.0 Å². The topological polar surface area (TPSA) is 79.6 Å². The highest BCUT2D eigenvalue weighted by Gasteiger charge is 2.07. The number of aryl methyl sites for hydroxylation is 1. The predicted octanol–water partition coefficient (Wildman–Crippen LogP) is 2.02. The molecule has 0 saturated heterocycles. The van der Waals surface area contributed by atoms with Gasteiger partial charge in [-0.15, -0.1) is 24.0 Å². The van der Waals surface area contributed by atoms with Crippen molar-refractivity contribution in [1.29, 1.82) is 0 Å². The van der Waals surface area contributed by atoms with Crippen molar-refractivity contribution in [3.05, 3.63) is 42.0 Å². The molecule has 0 unspecified atom stereocenters. The Morgan fingerprint density at radius 1 is 1.18 bits per heavy atom. The third-order valence-corrected chi connectivity index (χ3v) is 4.42. The first-order valence-electron chi connectivity index (χ1n) is 9.38. The molecular formula is C19H32IN7O. The zero-order chi connectivity index (χ0) is 19.5. The molecule has 2 rings (SSSR count). The molecule has 28 heavy (non-hydrogen) atoms. The normalized spacial score (nSPS) is 11.2. The second kappa shape index (κ2) is 13.3. The first-order valence-corrected chi connectivity index (χ1v) is 9.38. The Hall–Kier alpha value is -1.88. The molecule has 2 N–H and O–H groups in total. The van der Waals surface area contributed by atoms with Crippen LogP contribution < -0.4 is 15.4 Å². The molecule has 0 aliphatic carbocycles. The van der Waals surface area contributed by atoms with Crippen molar-refractivity contribution in [3.63, 3.8) is 0 Å². The number of hydrogen-bond acceptors (Lipinski definition) is 5. The molecule has 0 atom stereocenters. The summed E-state index contributed by atoms with van der Waals surface area (Å²) in [5.74, 6) is 2.45. The number of likely N-dealkylation sites (N-methyl/N-ethyl adjacent to an activating group) is 1. The zero-order valence-electron chi connectivity index (χ0n) is 17.2. The third-order valence-electron chi connectivity index (χ3n) is 4.42. The monoisotopic (exact) mass is 501 g/mol. The van der Waals surface area contributed by atoms with Gasteiger partial charge in [0.05, 0.1) is 6.54 Å². The third kappa shape index (κ3) is 7.63. The van der Waals surface area contributed by atoms with Crippen LogP contribution in [0.25, 0.3) is 0 Å². The van der Waals surface area contributed by atoms with Crippen molar-refractivity contribution in [1.82, 2.24) is 30.3 Å². The second-order valence-corrected chi connectivity index (χ2v) is 6.06. The Kier molecular flexibility index (Phi) is 11.5. The van der Waals surface area contributed by atoms with Gasteiger partial charge in [0.1, 0.15) is 24.5 Å². The molecule has 0 fully saturated rings. The van der Waals surface area contributed by atoms with Crippen molar-refractivity contribution in [3.8, 4) is 5.75 Å².